The summed E-state index contributed by atoms with van der Waals surface area (Å²) in [6.07, 6.45) is 7.98. The lowest BCUT2D eigenvalue weighted by atomic mass is 9.97. The second kappa shape index (κ2) is 15.5. The maximum atomic E-state index is 12.7. The topological polar surface area (TPSA) is 108 Å². The molecule has 1 heterocycles. The predicted octanol–water partition coefficient (Wildman–Crippen LogP) is 3.25. The molecule has 7 nitrogen and oxygen atoms in total. The van der Waals surface area contributed by atoms with Gasteiger partial charge in [-0.1, -0.05) is 82.7 Å². The zero-order valence-electron chi connectivity index (χ0n) is 20.9. The minimum Gasteiger partial charge on any atom is -0.390 e. The molecule has 0 aliphatic carbocycles. The SMILES string of the molecule is CC(C)[C@@H]1NC(=O)C[C@H](O)[C@H](Cc2ccccc2)NC(=O)CCCCCCCCCCNC1=O. The van der Waals surface area contributed by atoms with Crippen LogP contribution in [-0.4, -0.2) is 47.6 Å². The fraction of sp³-hybridized carbons (Fsp3) is 0.667. The van der Waals surface area contributed by atoms with Gasteiger partial charge in [0.25, 0.3) is 0 Å². The zero-order chi connectivity index (χ0) is 24.8. The molecule has 1 saturated heterocycles. The average molecular weight is 474 g/mol. The third-order valence-corrected chi connectivity index (χ3v) is 6.40. The number of amides is 3. The van der Waals surface area contributed by atoms with Gasteiger partial charge < -0.3 is 21.1 Å². The summed E-state index contributed by atoms with van der Waals surface area (Å²) in [5, 5.41) is 19.6. The largest absolute Gasteiger partial charge is 0.390 e. The van der Waals surface area contributed by atoms with Gasteiger partial charge in [0.2, 0.25) is 17.7 Å². The number of carbonyl (C=O) groups is 3. The maximum Gasteiger partial charge on any atom is 0.242 e. The molecule has 7 heteroatoms. The van der Waals surface area contributed by atoms with E-state index in [2.05, 4.69) is 16.0 Å². The molecule has 1 aliphatic rings. The summed E-state index contributed by atoms with van der Waals surface area (Å²) in [7, 11) is 0. The molecule has 3 amide bonds. The monoisotopic (exact) mass is 473 g/mol. The number of carbonyl (C=O) groups excluding carboxylic acids is 3. The van der Waals surface area contributed by atoms with Crippen LogP contribution in [0, 0.1) is 5.92 Å². The normalized spacial score (nSPS) is 25.2. The van der Waals surface area contributed by atoms with Gasteiger partial charge in [-0.15, -0.1) is 0 Å². The Hall–Kier alpha value is -2.41. The van der Waals surface area contributed by atoms with E-state index in [-0.39, 0.29) is 24.2 Å². The van der Waals surface area contributed by atoms with Gasteiger partial charge in [0.05, 0.1) is 18.6 Å². The van der Waals surface area contributed by atoms with Gasteiger partial charge in [0, 0.05) is 13.0 Å². The highest BCUT2D eigenvalue weighted by Crippen LogP contribution is 2.13. The molecule has 1 aromatic carbocycles. The lowest BCUT2D eigenvalue weighted by Gasteiger charge is -2.26. The Morgan fingerprint density at radius 1 is 0.853 bits per heavy atom. The Morgan fingerprint density at radius 3 is 2.12 bits per heavy atom. The van der Waals surface area contributed by atoms with Gasteiger partial charge in [-0.25, -0.2) is 0 Å². The van der Waals surface area contributed by atoms with Crippen LogP contribution in [-0.2, 0) is 20.8 Å². The molecule has 34 heavy (non-hydrogen) atoms. The van der Waals surface area contributed by atoms with E-state index in [1.807, 2.05) is 44.2 Å². The fourth-order valence-electron chi connectivity index (χ4n) is 4.32. The summed E-state index contributed by atoms with van der Waals surface area (Å²) in [5.41, 5.74) is 0.973. The van der Waals surface area contributed by atoms with E-state index in [0.717, 1.165) is 56.9 Å². The maximum absolute atomic E-state index is 12.7. The first kappa shape index (κ1) is 27.8. The van der Waals surface area contributed by atoms with E-state index in [1.54, 1.807) is 0 Å². The molecule has 0 unspecified atom stereocenters. The minimum atomic E-state index is -1.06. The van der Waals surface area contributed by atoms with E-state index >= 15 is 0 Å². The lowest BCUT2D eigenvalue weighted by molar-refractivity contribution is -0.131. The predicted molar refractivity (Wildman–Crippen MR) is 134 cm³/mol. The average Bonchev–Trinajstić information content (AvgIpc) is 2.80. The van der Waals surface area contributed by atoms with Crippen molar-refractivity contribution in [1.82, 2.24) is 16.0 Å². The smallest absolute Gasteiger partial charge is 0.242 e. The van der Waals surface area contributed by atoms with Crippen LogP contribution in [0.2, 0.25) is 0 Å². The highest BCUT2D eigenvalue weighted by molar-refractivity contribution is 5.88. The first-order valence-electron chi connectivity index (χ1n) is 12.9. The summed E-state index contributed by atoms with van der Waals surface area (Å²) >= 11 is 0. The van der Waals surface area contributed by atoms with Crippen LogP contribution in [0.15, 0.2) is 30.3 Å². The summed E-state index contributed by atoms with van der Waals surface area (Å²) in [6.45, 7) is 4.38. The Morgan fingerprint density at radius 2 is 1.47 bits per heavy atom. The number of nitrogens with one attached hydrogen (secondary N) is 3. The molecule has 0 aromatic heterocycles. The Balaban J connectivity index is 2.09. The van der Waals surface area contributed by atoms with Crippen molar-refractivity contribution in [3.63, 3.8) is 0 Å². The second-order valence-corrected chi connectivity index (χ2v) is 9.79. The van der Waals surface area contributed by atoms with Crippen molar-refractivity contribution in [3.8, 4) is 0 Å². The molecular weight excluding hydrogens is 430 g/mol. The molecule has 1 aromatic rings. The van der Waals surface area contributed by atoms with Gasteiger partial charge in [0.1, 0.15) is 6.04 Å². The zero-order valence-corrected chi connectivity index (χ0v) is 20.9. The van der Waals surface area contributed by atoms with Gasteiger partial charge in [-0.2, -0.15) is 0 Å². The van der Waals surface area contributed by atoms with Gasteiger partial charge in [0.15, 0.2) is 0 Å². The van der Waals surface area contributed by atoms with Crippen molar-refractivity contribution >= 4 is 17.7 Å². The van der Waals surface area contributed by atoms with Gasteiger partial charge in [-0.05, 0) is 30.7 Å². The highest BCUT2D eigenvalue weighted by atomic mass is 16.3. The molecule has 0 bridgehead atoms. The van der Waals surface area contributed by atoms with Crippen molar-refractivity contribution in [2.45, 2.75) is 103 Å². The van der Waals surface area contributed by atoms with E-state index in [4.69, 9.17) is 0 Å². The first-order valence-corrected chi connectivity index (χ1v) is 12.9. The molecule has 190 valence electrons. The molecular formula is C27H43N3O4. The van der Waals surface area contributed by atoms with Crippen molar-refractivity contribution in [3.05, 3.63) is 35.9 Å². The Bertz CT molecular complexity index is 754. The third-order valence-electron chi connectivity index (χ3n) is 6.40. The standard InChI is InChI=1S/C27H43N3O4/c1-20(2)26-27(34)28-17-13-8-6-4-3-5-7-12-16-24(32)29-22(23(31)19-25(33)30-26)18-21-14-10-9-11-15-21/h9-11,14-15,20,22-23,26,31H,3-8,12-13,16-19H2,1-2H3,(H,28,34)(H,29,32)(H,30,33)/t22-,23-,26-/m0/s1. The number of hydrogen-bond donors (Lipinski definition) is 4. The van der Waals surface area contributed by atoms with Crippen LogP contribution >= 0.6 is 0 Å². The van der Waals surface area contributed by atoms with E-state index in [1.165, 1.54) is 0 Å². The Labute approximate surface area is 204 Å². The van der Waals surface area contributed by atoms with Crippen LogP contribution < -0.4 is 16.0 Å². The molecule has 0 spiro atoms. The first-order chi connectivity index (χ1) is 16.4. The fourth-order valence-corrected chi connectivity index (χ4v) is 4.32. The summed E-state index contributed by atoms with van der Waals surface area (Å²) in [4.78, 5) is 38.0. The third kappa shape index (κ3) is 10.7. The molecule has 2 rings (SSSR count). The molecule has 0 saturated carbocycles. The van der Waals surface area contributed by atoms with Crippen LogP contribution in [0.1, 0.15) is 83.6 Å². The van der Waals surface area contributed by atoms with Crippen molar-refractivity contribution < 1.29 is 19.5 Å². The van der Waals surface area contributed by atoms with Gasteiger partial charge >= 0.3 is 0 Å². The van der Waals surface area contributed by atoms with Crippen LogP contribution in [0.5, 0.6) is 0 Å². The van der Waals surface area contributed by atoms with E-state index in [9.17, 15) is 19.5 Å². The number of hydrogen-bond acceptors (Lipinski definition) is 4. The Kier molecular flexibility index (Phi) is 12.7. The van der Waals surface area contributed by atoms with Crippen LogP contribution in [0.4, 0.5) is 0 Å². The molecule has 3 atom stereocenters. The second-order valence-electron chi connectivity index (χ2n) is 9.79. The van der Waals surface area contributed by atoms with E-state index < -0.39 is 24.1 Å². The van der Waals surface area contributed by atoms with Crippen molar-refractivity contribution in [2.24, 2.45) is 5.92 Å². The number of aliphatic hydroxyl groups excluding tert-OH is 1. The molecule has 0 radical (unpaired) electrons. The quantitative estimate of drug-likeness (QED) is 0.540. The number of benzene rings is 1. The van der Waals surface area contributed by atoms with Crippen LogP contribution in [0.3, 0.4) is 0 Å². The summed E-state index contributed by atoms with van der Waals surface area (Å²) in [6, 6.07) is 8.37. The van der Waals surface area contributed by atoms with E-state index in [0.29, 0.717) is 19.4 Å². The molecule has 1 fully saturated rings. The number of rotatable bonds is 3. The van der Waals surface area contributed by atoms with Crippen LogP contribution in [0.25, 0.3) is 0 Å². The highest BCUT2D eigenvalue weighted by Gasteiger charge is 2.28. The summed E-state index contributed by atoms with van der Waals surface area (Å²) < 4.78 is 0. The molecule has 4 N–H and O–H groups in total. The van der Waals surface area contributed by atoms with Crippen molar-refractivity contribution in [1.29, 1.82) is 0 Å². The molecule has 1 aliphatic heterocycles. The lowest BCUT2D eigenvalue weighted by Crippen LogP contribution is -2.52. The van der Waals surface area contributed by atoms with Gasteiger partial charge in [-0.3, -0.25) is 14.4 Å². The number of aliphatic hydroxyl groups is 1. The van der Waals surface area contributed by atoms with Crippen molar-refractivity contribution in [2.75, 3.05) is 6.54 Å². The minimum absolute atomic E-state index is 0.0845. The summed E-state index contributed by atoms with van der Waals surface area (Å²) in [5.74, 6) is -0.780.